The zero-order valence-corrected chi connectivity index (χ0v) is 6.42. The molecule has 0 aliphatic rings. The molecule has 0 heterocycles. The standard InChI is InChI=1S/C6H8Cl2/c1-3-5(2)4-6(7)8/h3-4H,1-2H3. The average Bonchev–Trinajstić information content (AvgIpc) is 1.65. The second-order valence-electron chi connectivity index (χ2n) is 1.47. The summed E-state index contributed by atoms with van der Waals surface area (Å²) in [5.74, 6) is 0. The molecular formula is C6H8Cl2. The van der Waals surface area contributed by atoms with Gasteiger partial charge in [0.25, 0.3) is 0 Å². The van der Waals surface area contributed by atoms with E-state index in [-0.39, 0.29) is 0 Å². The Labute approximate surface area is 59.8 Å². The monoisotopic (exact) mass is 150 g/mol. The SMILES string of the molecule is CC=C(C)C=C(Cl)Cl. The highest BCUT2D eigenvalue weighted by Gasteiger charge is 1.81. The van der Waals surface area contributed by atoms with Crippen LogP contribution in [0.15, 0.2) is 22.2 Å². The lowest BCUT2D eigenvalue weighted by Gasteiger charge is -1.85. The van der Waals surface area contributed by atoms with E-state index >= 15 is 0 Å². The van der Waals surface area contributed by atoms with Gasteiger partial charge in [-0.2, -0.15) is 0 Å². The predicted molar refractivity (Wildman–Crippen MR) is 39.2 cm³/mol. The molecule has 0 aromatic heterocycles. The van der Waals surface area contributed by atoms with Crippen LogP contribution in [0.2, 0.25) is 0 Å². The molecule has 0 saturated heterocycles. The van der Waals surface area contributed by atoms with Crippen LogP contribution >= 0.6 is 23.2 Å². The first-order valence-electron chi connectivity index (χ1n) is 2.32. The first-order valence-corrected chi connectivity index (χ1v) is 3.08. The summed E-state index contributed by atoms with van der Waals surface area (Å²) in [5, 5.41) is 0. The predicted octanol–water partition coefficient (Wildman–Crippen LogP) is 3.27. The Morgan fingerprint density at radius 2 is 1.88 bits per heavy atom. The Hall–Kier alpha value is 0.0600. The zero-order chi connectivity index (χ0) is 6.57. The fourth-order valence-corrected chi connectivity index (χ4v) is 0.600. The fourth-order valence-electron chi connectivity index (χ4n) is 0.255. The normalized spacial score (nSPS) is 11.2. The van der Waals surface area contributed by atoms with Gasteiger partial charge in [0, 0.05) is 0 Å². The molecule has 0 unspecified atom stereocenters. The van der Waals surface area contributed by atoms with Crippen LogP contribution in [-0.2, 0) is 0 Å². The van der Waals surface area contributed by atoms with Gasteiger partial charge in [-0.3, -0.25) is 0 Å². The highest BCUT2D eigenvalue weighted by molar-refractivity contribution is 6.56. The Morgan fingerprint density at radius 1 is 1.38 bits per heavy atom. The molecule has 0 amide bonds. The van der Waals surface area contributed by atoms with E-state index in [4.69, 9.17) is 23.2 Å². The topological polar surface area (TPSA) is 0 Å². The molecule has 0 atom stereocenters. The third-order valence-corrected chi connectivity index (χ3v) is 1.01. The zero-order valence-electron chi connectivity index (χ0n) is 4.91. The van der Waals surface area contributed by atoms with E-state index in [0.717, 1.165) is 5.57 Å². The van der Waals surface area contributed by atoms with Crippen molar-refractivity contribution in [3.63, 3.8) is 0 Å². The third kappa shape index (κ3) is 4.23. The minimum Gasteiger partial charge on any atom is -0.0846 e. The summed E-state index contributed by atoms with van der Waals surface area (Å²) < 4.78 is 0.306. The van der Waals surface area contributed by atoms with Gasteiger partial charge in [-0.25, -0.2) is 0 Å². The summed E-state index contributed by atoms with van der Waals surface area (Å²) in [4.78, 5) is 0. The summed E-state index contributed by atoms with van der Waals surface area (Å²) in [6, 6.07) is 0. The maximum absolute atomic E-state index is 5.34. The number of hydrogen-bond donors (Lipinski definition) is 0. The molecule has 2 heteroatoms. The van der Waals surface area contributed by atoms with Crippen LogP contribution in [0, 0.1) is 0 Å². The number of halogens is 2. The first-order chi connectivity index (χ1) is 3.66. The Morgan fingerprint density at radius 3 is 2.00 bits per heavy atom. The van der Waals surface area contributed by atoms with E-state index in [1.54, 1.807) is 6.08 Å². The Kier molecular flexibility index (Phi) is 4.02. The van der Waals surface area contributed by atoms with Gasteiger partial charge in [-0.1, -0.05) is 34.9 Å². The van der Waals surface area contributed by atoms with Crippen LogP contribution in [0.3, 0.4) is 0 Å². The highest BCUT2D eigenvalue weighted by Crippen LogP contribution is 2.09. The molecule has 0 fully saturated rings. The minimum absolute atomic E-state index is 0.306. The summed E-state index contributed by atoms with van der Waals surface area (Å²) in [6.45, 7) is 3.87. The van der Waals surface area contributed by atoms with Gasteiger partial charge in [0.05, 0.1) is 0 Å². The average molecular weight is 151 g/mol. The summed E-state index contributed by atoms with van der Waals surface area (Å²) >= 11 is 10.7. The van der Waals surface area contributed by atoms with Gasteiger partial charge in [-0.05, 0) is 19.9 Å². The van der Waals surface area contributed by atoms with Gasteiger partial charge >= 0.3 is 0 Å². The summed E-state index contributed by atoms with van der Waals surface area (Å²) in [7, 11) is 0. The van der Waals surface area contributed by atoms with Crippen molar-refractivity contribution in [2.24, 2.45) is 0 Å². The van der Waals surface area contributed by atoms with Crippen molar-refractivity contribution < 1.29 is 0 Å². The molecule has 0 nitrogen and oxygen atoms in total. The third-order valence-electron chi connectivity index (χ3n) is 0.792. The van der Waals surface area contributed by atoms with Crippen LogP contribution in [0.25, 0.3) is 0 Å². The molecule has 0 spiro atoms. The molecule has 0 aromatic rings. The lowest BCUT2D eigenvalue weighted by atomic mass is 10.3. The van der Waals surface area contributed by atoms with Crippen molar-refractivity contribution >= 4 is 23.2 Å². The smallest absolute Gasteiger partial charge is 0.0846 e. The van der Waals surface area contributed by atoms with Crippen molar-refractivity contribution in [1.82, 2.24) is 0 Å². The molecule has 0 aliphatic carbocycles. The van der Waals surface area contributed by atoms with Crippen LogP contribution in [-0.4, -0.2) is 0 Å². The molecule has 0 bridgehead atoms. The van der Waals surface area contributed by atoms with E-state index in [9.17, 15) is 0 Å². The van der Waals surface area contributed by atoms with E-state index in [2.05, 4.69) is 0 Å². The second kappa shape index (κ2) is 3.99. The molecule has 0 aromatic carbocycles. The van der Waals surface area contributed by atoms with Gasteiger partial charge in [0.1, 0.15) is 4.49 Å². The van der Waals surface area contributed by atoms with Gasteiger partial charge < -0.3 is 0 Å². The molecule has 8 heavy (non-hydrogen) atoms. The number of allylic oxidation sites excluding steroid dienone is 3. The van der Waals surface area contributed by atoms with Crippen LogP contribution in [0.4, 0.5) is 0 Å². The summed E-state index contributed by atoms with van der Waals surface area (Å²) in [6.07, 6.45) is 3.63. The summed E-state index contributed by atoms with van der Waals surface area (Å²) in [5.41, 5.74) is 1.07. The van der Waals surface area contributed by atoms with Crippen LogP contribution in [0.5, 0.6) is 0 Å². The van der Waals surface area contributed by atoms with Crippen molar-refractivity contribution in [1.29, 1.82) is 0 Å². The van der Waals surface area contributed by atoms with E-state index < -0.39 is 0 Å². The minimum atomic E-state index is 0.306. The van der Waals surface area contributed by atoms with Crippen LogP contribution in [0.1, 0.15) is 13.8 Å². The Balaban J connectivity index is 3.89. The Bertz CT molecular complexity index is 118. The lowest BCUT2D eigenvalue weighted by Crippen LogP contribution is -1.63. The molecule has 46 valence electrons. The quantitative estimate of drug-likeness (QED) is 0.504. The maximum Gasteiger partial charge on any atom is 0.107 e. The molecule has 0 N–H and O–H groups in total. The second-order valence-corrected chi connectivity index (χ2v) is 2.47. The van der Waals surface area contributed by atoms with Gasteiger partial charge in [-0.15, -0.1) is 0 Å². The van der Waals surface area contributed by atoms with Crippen molar-refractivity contribution in [3.8, 4) is 0 Å². The molecule has 0 aliphatic heterocycles. The number of hydrogen-bond acceptors (Lipinski definition) is 0. The van der Waals surface area contributed by atoms with Crippen LogP contribution < -0.4 is 0 Å². The van der Waals surface area contributed by atoms with Crippen molar-refractivity contribution in [2.75, 3.05) is 0 Å². The molecule has 0 radical (unpaired) electrons. The molecule has 0 saturated carbocycles. The highest BCUT2D eigenvalue weighted by atomic mass is 35.5. The lowest BCUT2D eigenvalue weighted by molar-refractivity contribution is 1.48. The largest absolute Gasteiger partial charge is 0.107 e. The molecular weight excluding hydrogens is 143 g/mol. The van der Waals surface area contributed by atoms with E-state index in [0.29, 0.717) is 4.49 Å². The maximum atomic E-state index is 5.34. The fraction of sp³-hybridized carbons (Fsp3) is 0.333. The van der Waals surface area contributed by atoms with E-state index in [1.807, 2.05) is 19.9 Å². The van der Waals surface area contributed by atoms with Crippen molar-refractivity contribution in [3.05, 3.63) is 22.2 Å². The van der Waals surface area contributed by atoms with Gasteiger partial charge in [0.15, 0.2) is 0 Å². The van der Waals surface area contributed by atoms with Gasteiger partial charge in [0.2, 0.25) is 0 Å². The van der Waals surface area contributed by atoms with Crippen molar-refractivity contribution in [2.45, 2.75) is 13.8 Å². The van der Waals surface area contributed by atoms with E-state index in [1.165, 1.54) is 0 Å². The first kappa shape index (κ1) is 8.06. The number of rotatable bonds is 1. The molecule has 0 rings (SSSR count).